The molecule has 5 aromatic heterocycles. The number of fused-ring (bicyclic) bond motifs is 15. The Morgan fingerprint density at radius 1 is 0.367 bits per heavy atom. The molecule has 23 nitrogen and oxygen atoms in total. The largest absolute Gasteiger partial charge is 0.388 e. The fourth-order valence-electron chi connectivity index (χ4n) is 20.8. The van der Waals surface area contributed by atoms with E-state index < -0.39 is 13.2 Å². The average Bonchev–Trinajstić information content (AvgIpc) is 1.60. The van der Waals surface area contributed by atoms with Crippen LogP contribution in [0.15, 0.2) is 237 Å². The molecule has 4 amide bonds. The summed E-state index contributed by atoms with van der Waals surface area (Å²) in [5.74, 6) is -0.947. The molecule has 8 N–H and O–H groups in total. The fraction of sp³-hybridized carbons (Fsp3) is 0.336. The number of Topliss-reactive ketones (excluding diaryl/α,β-unsaturated/α-hetero) is 3. The Balaban J connectivity index is 0.000000126. The molecule has 0 unspecified atom stereocenters. The summed E-state index contributed by atoms with van der Waals surface area (Å²) in [7, 11) is 7.69. The first-order valence-corrected chi connectivity index (χ1v) is 49.0. The quantitative estimate of drug-likeness (QED) is 0.0290. The molecule has 0 saturated heterocycles. The van der Waals surface area contributed by atoms with Crippen LogP contribution in [-0.4, -0.2) is 192 Å². The second-order valence-electron chi connectivity index (χ2n) is 39.0. The number of likely N-dealkylation sites (N-methyl/N-ethyl adjacent to an activating group) is 2. The standard InChI is InChI=1S/C25H30N2O2.C24H28N4O2.C23H27N3O.C22H23N3O3.C22H24N2O/c1-25(2,3)19-9-10-22-20(13-19)21-15-26(4)12-11-23(21)27(22)14-17-5-7-18(8-6-17)24(29)16-28;1-26-24(30)18-10-8-17(9-11-18)15-28-21-6-3-2-5-19(21)20-16-27(14-12-22(20)28)13-4-7-23(25)29;1-16(2)25-13-12-22-20(15-25)19-6-4-5-7-21(19)26(22)14-17-8-10-18(11-9-17)23(27)24-3;23-22(28)13-24-10-9-20-18(12-24)17-3-1-2-4-19(17)25(20)11-15-5-7-16(8-6-15)21(27)14-26;1-3-22(25)17-10-8-16(9-11-17)14-24-20-7-5-4-6-18(20)19-12-13-23(2)15-21(19)24/h5-10,13,28H,11-12,14-16H2,1-4H3;2-3,5-6,8-11H,4,7,12-16H2,1H3,(H2,25,29)(H,26,30);4-11,16H,12-15H2,1-3H3,(H,24,27);1-8,26H,9-14H2,(H2,23,28);4-11H,3,12-15H2,1-2H3. The number of benzene rings is 10. The second kappa shape index (κ2) is 44.1. The average molecular weight is 1870 g/mol. The van der Waals surface area contributed by atoms with Gasteiger partial charge in [-0.3, -0.25) is 48.3 Å². The number of aliphatic hydroxyl groups excluding tert-OH is 2. The van der Waals surface area contributed by atoms with Gasteiger partial charge in [-0.15, -0.1) is 0 Å². The minimum atomic E-state index is -0.475. The minimum Gasteiger partial charge on any atom is -0.388 e. The summed E-state index contributed by atoms with van der Waals surface area (Å²) >= 11 is 0. The highest BCUT2D eigenvalue weighted by Crippen LogP contribution is 2.40. The van der Waals surface area contributed by atoms with E-state index in [1.165, 1.54) is 133 Å². The van der Waals surface area contributed by atoms with Crippen LogP contribution in [0.1, 0.15) is 202 Å². The van der Waals surface area contributed by atoms with Crippen molar-refractivity contribution in [1.82, 2.24) is 58.0 Å². The number of carbonyl (C=O) groups excluding carboxylic acids is 7. The molecule has 0 saturated carbocycles. The van der Waals surface area contributed by atoms with Crippen molar-refractivity contribution >= 4 is 95.5 Å². The Morgan fingerprint density at radius 2 is 0.712 bits per heavy atom. The number of primary amides is 2. The highest BCUT2D eigenvalue weighted by molar-refractivity contribution is 5.99. The van der Waals surface area contributed by atoms with E-state index in [4.69, 9.17) is 21.7 Å². The van der Waals surface area contributed by atoms with Gasteiger partial charge in [0.15, 0.2) is 17.3 Å². The molecule has 10 heterocycles. The van der Waals surface area contributed by atoms with Gasteiger partial charge < -0.3 is 64.9 Å². The predicted molar refractivity (Wildman–Crippen MR) is 555 cm³/mol. The van der Waals surface area contributed by atoms with Crippen molar-refractivity contribution < 1.29 is 43.8 Å². The lowest BCUT2D eigenvalue weighted by atomic mass is 9.86. The molecular formula is C116H132N14O9. The molecule has 0 radical (unpaired) electrons. The minimum absolute atomic E-state index is 0.0425. The van der Waals surface area contributed by atoms with Crippen LogP contribution in [0.25, 0.3) is 54.5 Å². The van der Waals surface area contributed by atoms with E-state index in [0.717, 1.165) is 153 Å². The van der Waals surface area contributed by atoms with Gasteiger partial charge in [-0.1, -0.05) is 204 Å². The number of aromatic nitrogens is 5. The Kier molecular flexibility index (Phi) is 31.3. The SMILES string of the molecule is CCC(=O)c1ccc(Cn2c3c(c4ccccc42)CCN(C)C3)cc1.CN1CCc2c(c3cc(C(C)(C)C)ccc3n2Cc2ccc(C(=O)CO)cc2)C1.CNC(=O)c1ccc(Cn2c3c(c4ccccc42)CN(C(C)C)CC3)cc1.CNC(=O)c1ccc(Cn2c3c(c4ccccc42)CN(CCCC(N)=O)CC3)cc1.NC(=O)CN1CCc2c(c3ccccc3n2Cc2ccc(C(=O)CO)cc2)C1. The number of aliphatic hydroxyl groups is 2. The van der Waals surface area contributed by atoms with Crippen LogP contribution in [0.3, 0.4) is 0 Å². The molecule has 23 heteroatoms. The van der Waals surface area contributed by atoms with E-state index in [1.807, 2.05) is 104 Å². The third-order valence-electron chi connectivity index (χ3n) is 28.4. The van der Waals surface area contributed by atoms with Crippen molar-refractivity contribution in [2.45, 2.75) is 170 Å². The number of hydrogen-bond acceptors (Lipinski definition) is 14. The number of hydrogen-bond donors (Lipinski definition) is 6. The molecule has 5 aliphatic heterocycles. The normalized spacial score (nSPS) is 14.4. The van der Waals surface area contributed by atoms with Gasteiger partial charge in [0.2, 0.25) is 11.8 Å². The first-order chi connectivity index (χ1) is 67.1. The zero-order chi connectivity index (χ0) is 97.9. The molecule has 0 spiro atoms. The predicted octanol–water partition coefficient (Wildman–Crippen LogP) is 16.6. The second-order valence-corrected chi connectivity index (χ2v) is 39.0. The summed E-state index contributed by atoms with van der Waals surface area (Å²) < 4.78 is 12.1. The molecule has 15 aromatic rings. The Hall–Kier alpha value is -13.5. The zero-order valence-corrected chi connectivity index (χ0v) is 82.1. The fourth-order valence-corrected chi connectivity index (χ4v) is 20.8. The number of nitrogens with one attached hydrogen (secondary N) is 2. The number of para-hydroxylation sites is 4. The van der Waals surface area contributed by atoms with Crippen molar-refractivity contribution in [2.75, 3.05) is 87.2 Å². The van der Waals surface area contributed by atoms with Crippen LogP contribution in [-0.2, 0) is 113 Å². The summed E-state index contributed by atoms with van der Waals surface area (Å²) in [6, 6.07) is 80.8. The number of amides is 4. The molecular weight excluding hydrogens is 1730 g/mol. The number of carbonyl (C=O) groups is 7. The number of ketones is 3. The molecule has 5 aliphatic rings. The third-order valence-corrected chi connectivity index (χ3v) is 28.4. The van der Waals surface area contributed by atoms with Gasteiger partial charge in [0, 0.05) is 268 Å². The van der Waals surface area contributed by atoms with E-state index in [-0.39, 0.29) is 52.9 Å². The molecule has 0 atom stereocenters. The number of nitrogens with zero attached hydrogens (tertiary/aromatic N) is 10. The topological polar surface area (TPSA) is 277 Å². The zero-order valence-electron chi connectivity index (χ0n) is 82.1. The Labute approximate surface area is 815 Å². The van der Waals surface area contributed by atoms with E-state index in [2.05, 4.69) is 234 Å². The van der Waals surface area contributed by atoms with Crippen LogP contribution < -0.4 is 22.1 Å². The lowest BCUT2D eigenvalue weighted by Gasteiger charge is -2.31. The van der Waals surface area contributed by atoms with E-state index in [0.29, 0.717) is 47.7 Å². The number of nitrogens with two attached hydrogens (primary N) is 2. The molecule has 0 bridgehead atoms. The molecule has 139 heavy (non-hydrogen) atoms. The summed E-state index contributed by atoms with van der Waals surface area (Å²) in [6.45, 7) is 27.2. The van der Waals surface area contributed by atoms with E-state index in [1.54, 1.807) is 26.2 Å². The van der Waals surface area contributed by atoms with Crippen molar-refractivity contribution in [3.8, 4) is 0 Å². The van der Waals surface area contributed by atoms with Gasteiger partial charge >= 0.3 is 0 Å². The summed E-state index contributed by atoms with van der Waals surface area (Å²) in [6.07, 6.45) is 6.89. The van der Waals surface area contributed by atoms with Gasteiger partial charge in [0.05, 0.1) is 6.54 Å². The van der Waals surface area contributed by atoms with Gasteiger partial charge in [-0.05, 0) is 175 Å². The van der Waals surface area contributed by atoms with Crippen LogP contribution in [0.4, 0.5) is 0 Å². The lowest BCUT2D eigenvalue weighted by Crippen LogP contribution is -2.37. The van der Waals surface area contributed by atoms with Crippen LogP contribution in [0.5, 0.6) is 0 Å². The van der Waals surface area contributed by atoms with Gasteiger partial charge in [0.1, 0.15) is 13.2 Å². The molecule has 20 rings (SSSR count). The Bertz CT molecular complexity index is 6990. The Morgan fingerprint density at radius 3 is 1.11 bits per heavy atom. The molecule has 10 aromatic carbocycles. The summed E-state index contributed by atoms with van der Waals surface area (Å²) in [4.78, 5) is 92.9. The first-order valence-electron chi connectivity index (χ1n) is 49.0. The van der Waals surface area contributed by atoms with Crippen molar-refractivity contribution in [1.29, 1.82) is 0 Å². The third kappa shape index (κ3) is 22.5. The highest BCUT2D eigenvalue weighted by atomic mass is 16.3. The molecule has 720 valence electrons. The smallest absolute Gasteiger partial charge is 0.251 e. The van der Waals surface area contributed by atoms with E-state index >= 15 is 0 Å². The molecule has 0 aliphatic carbocycles. The van der Waals surface area contributed by atoms with Crippen LogP contribution in [0.2, 0.25) is 0 Å². The lowest BCUT2D eigenvalue weighted by molar-refractivity contribution is -0.119. The number of rotatable bonds is 25. The maximum Gasteiger partial charge on any atom is 0.251 e. The van der Waals surface area contributed by atoms with Gasteiger partial charge in [-0.2, -0.15) is 0 Å². The van der Waals surface area contributed by atoms with E-state index in [9.17, 15) is 33.6 Å². The van der Waals surface area contributed by atoms with Gasteiger partial charge in [-0.25, -0.2) is 0 Å². The van der Waals surface area contributed by atoms with Crippen molar-refractivity contribution in [2.24, 2.45) is 11.5 Å². The monoisotopic (exact) mass is 1870 g/mol. The maximum atomic E-state index is 11.8. The summed E-state index contributed by atoms with van der Waals surface area (Å²) in [5.41, 5.74) is 41.7. The van der Waals surface area contributed by atoms with Gasteiger partial charge in [0.25, 0.3) is 11.8 Å². The summed E-state index contributed by atoms with van der Waals surface area (Å²) in [5, 5.41) is 30.0. The van der Waals surface area contributed by atoms with Crippen molar-refractivity contribution in [3.63, 3.8) is 0 Å². The molecule has 0 fully saturated rings. The highest BCUT2D eigenvalue weighted by Gasteiger charge is 2.32. The maximum absolute atomic E-state index is 11.8. The van der Waals surface area contributed by atoms with Crippen LogP contribution >= 0.6 is 0 Å². The van der Waals surface area contributed by atoms with Crippen molar-refractivity contribution in [3.05, 3.63) is 354 Å². The first kappa shape index (κ1) is 98.6. The van der Waals surface area contributed by atoms with Crippen LogP contribution in [0, 0.1) is 0 Å².